The van der Waals surface area contributed by atoms with E-state index < -0.39 is 5.60 Å². The van der Waals surface area contributed by atoms with Crippen LogP contribution in [-0.4, -0.2) is 47.1 Å². The number of hydrogen-bond donors (Lipinski definition) is 1. The summed E-state index contributed by atoms with van der Waals surface area (Å²) >= 11 is 6.10. The van der Waals surface area contributed by atoms with Gasteiger partial charge in [-0.15, -0.1) is 0 Å². The van der Waals surface area contributed by atoms with Gasteiger partial charge in [0.05, 0.1) is 13.0 Å². The molecule has 160 valence electrons. The van der Waals surface area contributed by atoms with E-state index in [1.54, 1.807) is 17.0 Å². The fraction of sp³-hybridized carbons (Fsp3) is 0.333. The number of carbonyl (C=O) groups is 2. The molecule has 5 rings (SSSR count). The topological polar surface area (TPSA) is 65.6 Å². The number of para-hydroxylation sites is 1. The van der Waals surface area contributed by atoms with Gasteiger partial charge in [0.15, 0.2) is 0 Å². The number of rotatable bonds is 3. The lowest BCUT2D eigenvalue weighted by atomic mass is 9.95. The minimum absolute atomic E-state index is 0.109. The lowest BCUT2D eigenvalue weighted by molar-refractivity contribution is -0.130. The number of nitrogens with zero attached hydrogens (tertiary/aromatic N) is 2. The zero-order valence-corrected chi connectivity index (χ0v) is 17.9. The normalized spacial score (nSPS) is 21.5. The number of benzene rings is 2. The highest BCUT2D eigenvalue weighted by Gasteiger charge is 2.46. The molecule has 2 aliphatic heterocycles. The van der Waals surface area contributed by atoms with E-state index in [2.05, 4.69) is 4.98 Å². The molecule has 0 saturated carbocycles. The molecule has 1 aromatic heterocycles. The second kappa shape index (κ2) is 7.93. The van der Waals surface area contributed by atoms with Crippen LogP contribution in [0.4, 0.5) is 10.5 Å². The maximum absolute atomic E-state index is 13.0. The van der Waals surface area contributed by atoms with Gasteiger partial charge in [0.1, 0.15) is 5.60 Å². The summed E-state index contributed by atoms with van der Waals surface area (Å²) in [5, 5.41) is 1.67. The Kier molecular flexibility index (Phi) is 5.10. The Morgan fingerprint density at radius 3 is 2.87 bits per heavy atom. The van der Waals surface area contributed by atoms with Gasteiger partial charge in [-0.05, 0) is 42.7 Å². The molecule has 2 saturated heterocycles. The van der Waals surface area contributed by atoms with Crippen molar-refractivity contribution in [3.63, 3.8) is 0 Å². The number of fused-ring (bicyclic) bond motifs is 1. The highest BCUT2D eigenvalue weighted by molar-refractivity contribution is 6.30. The molecule has 31 heavy (non-hydrogen) atoms. The summed E-state index contributed by atoms with van der Waals surface area (Å²) in [7, 11) is 0. The Bertz CT molecular complexity index is 1140. The first-order valence-electron chi connectivity index (χ1n) is 10.6. The molecule has 0 aliphatic carbocycles. The van der Waals surface area contributed by atoms with Crippen molar-refractivity contribution < 1.29 is 14.3 Å². The number of nitrogens with one attached hydrogen (secondary N) is 1. The van der Waals surface area contributed by atoms with Crippen LogP contribution in [0.2, 0.25) is 5.02 Å². The number of halogens is 1. The number of aromatic nitrogens is 1. The Hall–Kier alpha value is -2.99. The zero-order valence-electron chi connectivity index (χ0n) is 17.1. The van der Waals surface area contributed by atoms with Gasteiger partial charge in [0.25, 0.3) is 0 Å². The predicted octanol–water partition coefficient (Wildman–Crippen LogP) is 4.77. The molecule has 3 aromatic rings. The Morgan fingerprint density at radius 2 is 2.00 bits per heavy atom. The van der Waals surface area contributed by atoms with Crippen molar-refractivity contribution in [3.8, 4) is 0 Å². The highest BCUT2D eigenvalue weighted by Crippen LogP contribution is 2.36. The molecule has 1 N–H and O–H groups in total. The summed E-state index contributed by atoms with van der Waals surface area (Å²) < 4.78 is 5.87. The van der Waals surface area contributed by atoms with E-state index in [1.807, 2.05) is 47.5 Å². The second-order valence-electron chi connectivity index (χ2n) is 8.39. The largest absolute Gasteiger partial charge is 0.441 e. The average molecular weight is 438 g/mol. The first-order chi connectivity index (χ1) is 15.0. The summed E-state index contributed by atoms with van der Waals surface area (Å²) in [4.78, 5) is 32.4. The Balaban J connectivity index is 1.27. The lowest BCUT2D eigenvalue weighted by Crippen LogP contribution is -2.37. The first-order valence-corrected chi connectivity index (χ1v) is 11.0. The molecule has 2 amide bonds. The number of H-pyrrole nitrogens is 1. The number of amides is 2. The lowest BCUT2D eigenvalue weighted by Gasteiger charge is -2.25. The van der Waals surface area contributed by atoms with E-state index in [-0.39, 0.29) is 12.0 Å². The summed E-state index contributed by atoms with van der Waals surface area (Å²) in [6.07, 6.45) is 4.12. The summed E-state index contributed by atoms with van der Waals surface area (Å²) in [6.45, 7) is 1.74. The van der Waals surface area contributed by atoms with Gasteiger partial charge >= 0.3 is 6.09 Å². The molecule has 6 nitrogen and oxygen atoms in total. The number of likely N-dealkylation sites (tertiary alicyclic amines) is 1. The van der Waals surface area contributed by atoms with Crippen LogP contribution in [-0.2, 0) is 16.0 Å². The molecule has 0 radical (unpaired) electrons. The maximum atomic E-state index is 13.0. The van der Waals surface area contributed by atoms with Gasteiger partial charge in [-0.1, -0.05) is 35.9 Å². The maximum Gasteiger partial charge on any atom is 0.415 e. The molecule has 3 heterocycles. The molecule has 0 bridgehead atoms. The first kappa shape index (κ1) is 19.9. The fourth-order valence-electron chi connectivity index (χ4n) is 4.70. The zero-order chi connectivity index (χ0) is 21.4. The van der Waals surface area contributed by atoms with Gasteiger partial charge in [0.2, 0.25) is 5.91 Å². The number of ether oxygens (including phenoxy) is 1. The van der Waals surface area contributed by atoms with Crippen LogP contribution in [0.3, 0.4) is 0 Å². The molecule has 2 aromatic carbocycles. The van der Waals surface area contributed by atoms with E-state index in [1.165, 1.54) is 0 Å². The molecule has 2 fully saturated rings. The SMILES string of the molecule is O=C(Cc1c[nH]c2ccccc12)N1CCCC2(CC1)CN(c1cccc(Cl)c1)C(=O)O2. The van der Waals surface area contributed by atoms with Gasteiger partial charge in [-0.3, -0.25) is 9.69 Å². The van der Waals surface area contributed by atoms with Gasteiger partial charge in [-0.25, -0.2) is 4.79 Å². The van der Waals surface area contributed by atoms with E-state index in [4.69, 9.17) is 16.3 Å². The van der Waals surface area contributed by atoms with E-state index >= 15 is 0 Å². The number of aromatic amines is 1. The molecule has 2 aliphatic rings. The number of carbonyl (C=O) groups excluding carboxylic acids is 2. The monoisotopic (exact) mass is 437 g/mol. The predicted molar refractivity (Wildman–Crippen MR) is 120 cm³/mol. The third-order valence-corrected chi connectivity index (χ3v) is 6.59. The van der Waals surface area contributed by atoms with Crippen molar-refractivity contribution in [3.05, 3.63) is 65.3 Å². The molecule has 1 unspecified atom stereocenters. The van der Waals surface area contributed by atoms with Crippen LogP contribution >= 0.6 is 11.6 Å². The van der Waals surface area contributed by atoms with Crippen molar-refractivity contribution in [2.45, 2.75) is 31.3 Å². The quantitative estimate of drug-likeness (QED) is 0.641. The van der Waals surface area contributed by atoms with Crippen LogP contribution in [0.1, 0.15) is 24.8 Å². The van der Waals surface area contributed by atoms with Crippen molar-refractivity contribution in [2.75, 3.05) is 24.5 Å². The molecule has 1 spiro atoms. The third kappa shape index (κ3) is 3.88. The van der Waals surface area contributed by atoms with E-state index in [0.717, 1.165) is 35.0 Å². The van der Waals surface area contributed by atoms with Gasteiger partial charge in [-0.2, -0.15) is 0 Å². The van der Waals surface area contributed by atoms with Crippen molar-refractivity contribution in [1.29, 1.82) is 0 Å². The standard InChI is InChI=1S/C24H24ClN3O3/c25-18-5-3-6-19(14-18)28-16-24(31-23(28)30)9-4-11-27(12-10-24)22(29)13-17-15-26-21-8-2-1-7-20(17)21/h1-3,5-8,14-15,26H,4,9-13,16H2. The molecular weight excluding hydrogens is 414 g/mol. The van der Waals surface area contributed by atoms with Crippen LogP contribution in [0.5, 0.6) is 0 Å². The summed E-state index contributed by atoms with van der Waals surface area (Å²) in [5.74, 6) is 0.109. The van der Waals surface area contributed by atoms with Crippen LogP contribution in [0.15, 0.2) is 54.7 Å². The summed E-state index contributed by atoms with van der Waals surface area (Å²) in [6, 6.07) is 15.3. The second-order valence-corrected chi connectivity index (χ2v) is 8.82. The van der Waals surface area contributed by atoms with Crippen molar-refractivity contribution in [1.82, 2.24) is 9.88 Å². The minimum Gasteiger partial charge on any atom is -0.441 e. The minimum atomic E-state index is -0.560. The Morgan fingerprint density at radius 1 is 1.13 bits per heavy atom. The van der Waals surface area contributed by atoms with E-state index in [9.17, 15) is 9.59 Å². The van der Waals surface area contributed by atoms with Gasteiger partial charge in [0, 0.05) is 47.3 Å². The third-order valence-electron chi connectivity index (χ3n) is 6.36. The number of anilines is 1. The van der Waals surface area contributed by atoms with Crippen molar-refractivity contribution >= 4 is 40.2 Å². The smallest absolute Gasteiger partial charge is 0.415 e. The van der Waals surface area contributed by atoms with Crippen LogP contribution < -0.4 is 4.90 Å². The van der Waals surface area contributed by atoms with Crippen molar-refractivity contribution in [2.24, 2.45) is 0 Å². The molecule has 7 heteroatoms. The average Bonchev–Trinajstić information content (AvgIpc) is 3.24. The summed E-state index contributed by atoms with van der Waals surface area (Å²) in [5.41, 5.74) is 2.24. The number of hydrogen-bond acceptors (Lipinski definition) is 3. The highest BCUT2D eigenvalue weighted by atomic mass is 35.5. The van der Waals surface area contributed by atoms with Crippen LogP contribution in [0, 0.1) is 0 Å². The fourth-order valence-corrected chi connectivity index (χ4v) is 4.88. The Labute approximate surface area is 185 Å². The van der Waals surface area contributed by atoms with E-state index in [0.29, 0.717) is 37.5 Å². The molecule has 1 atom stereocenters. The van der Waals surface area contributed by atoms with Gasteiger partial charge < -0.3 is 14.6 Å². The molecular formula is C24H24ClN3O3. The van der Waals surface area contributed by atoms with Crippen LogP contribution in [0.25, 0.3) is 10.9 Å².